The second kappa shape index (κ2) is 3.33. The van der Waals surface area contributed by atoms with Crippen molar-refractivity contribution >= 4 is 5.91 Å². The Labute approximate surface area is 80.4 Å². The van der Waals surface area contributed by atoms with Crippen LogP contribution in [0.25, 0.3) is 11.3 Å². The molecule has 70 valence electrons. The molecule has 0 aliphatic carbocycles. The Hall–Kier alpha value is -2.10. The number of rotatable bonds is 2. The number of hydrogen-bond acceptors (Lipinski definition) is 3. The van der Waals surface area contributed by atoms with Crippen LogP contribution in [0.5, 0.6) is 0 Å². The average molecular weight is 188 g/mol. The molecule has 1 aromatic carbocycles. The number of amides is 1. The second-order valence-electron chi connectivity index (χ2n) is 2.76. The number of oxazole rings is 1. The zero-order valence-electron chi connectivity index (χ0n) is 7.31. The van der Waals surface area contributed by atoms with Gasteiger partial charge in [0.05, 0.1) is 0 Å². The zero-order valence-corrected chi connectivity index (χ0v) is 7.31. The molecule has 0 bridgehead atoms. The summed E-state index contributed by atoms with van der Waals surface area (Å²) < 4.78 is 5.10. The van der Waals surface area contributed by atoms with Gasteiger partial charge in [-0.05, 0) is 0 Å². The molecule has 4 heteroatoms. The molecule has 0 fully saturated rings. The molecule has 14 heavy (non-hydrogen) atoms. The van der Waals surface area contributed by atoms with E-state index >= 15 is 0 Å². The largest absolute Gasteiger partial charge is 0.443 e. The molecule has 0 radical (unpaired) electrons. The first-order chi connectivity index (χ1) is 6.79. The first kappa shape index (κ1) is 8.50. The van der Waals surface area contributed by atoms with Crippen LogP contribution in [0.2, 0.25) is 0 Å². The summed E-state index contributed by atoms with van der Waals surface area (Å²) in [5.41, 5.74) is 6.09. The quantitative estimate of drug-likeness (QED) is 0.775. The lowest BCUT2D eigenvalue weighted by Gasteiger charge is -1.96. The molecule has 2 N–H and O–H groups in total. The maximum atomic E-state index is 11.0. The highest BCUT2D eigenvalue weighted by molar-refractivity contribution is 5.96. The number of primary amides is 1. The highest BCUT2D eigenvalue weighted by Crippen LogP contribution is 2.21. The predicted octanol–water partition coefficient (Wildman–Crippen LogP) is 1.44. The Balaban J connectivity index is 2.52. The van der Waals surface area contributed by atoms with Crippen LogP contribution in [0.4, 0.5) is 0 Å². The van der Waals surface area contributed by atoms with Gasteiger partial charge in [0.1, 0.15) is 0 Å². The summed E-state index contributed by atoms with van der Waals surface area (Å²) in [5, 5.41) is 0. The predicted molar refractivity (Wildman–Crippen MR) is 50.5 cm³/mol. The Kier molecular flexibility index (Phi) is 2.02. The second-order valence-corrected chi connectivity index (χ2v) is 2.76. The van der Waals surface area contributed by atoms with E-state index in [0.717, 1.165) is 5.56 Å². The van der Waals surface area contributed by atoms with Crippen molar-refractivity contribution in [3.05, 3.63) is 42.4 Å². The summed E-state index contributed by atoms with van der Waals surface area (Å²) in [7, 11) is 0. The van der Waals surface area contributed by atoms with Gasteiger partial charge < -0.3 is 10.2 Å². The van der Waals surface area contributed by atoms with Gasteiger partial charge in [-0.3, -0.25) is 4.79 Å². The van der Waals surface area contributed by atoms with Gasteiger partial charge in [0.15, 0.2) is 17.8 Å². The highest BCUT2D eigenvalue weighted by atomic mass is 16.3. The van der Waals surface area contributed by atoms with Crippen LogP contribution < -0.4 is 5.73 Å². The van der Waals surface area contributed by atoms with E-state index in [4.69, 9.17) is 10.2 Å². The maximum absolute atomic E-state index is 11.0. The number of hydrogen-bond donors (Lipinski definition) is 1. The summed E-state index contributed by atoms with van der Waals surface area (Å²) in [6.07, 6.45) is 1.21. The van der Waals surface area contributed by atoms with E-state index in [1.807, 2.05) is 30.3 Å². The molecule has 0 unspecified atom stereocenters. The summed E-state index contributed by atoms with van der Waals surface area (Å²) in [6.45, 7) is 0. The van der Waals surface area contributed by atoms with E-state index < -0.39 is 5.91 Å². The standard InChI is InChI=1S/C10H8N2O2/c11-10(13)8-9(14-6-12-8)7-4-2-1-3-5-7/h1-6H,(H2,11,13). The van der Waals surface area contributed by atoms with Crippen molar-refractivity contribution in [2.75, 3.05) is 0 Å². The molecule has 0 atom stereocenters. The van der Waals surface area contributed by atoms with Gasteiger partial charge in [-0.25, -0.2) is 4.98 Å². The van der Waals surface area contributed by atoms with Crippen molar-refractivity contribution in [2.24, 2.45) is 5.73 Å². The number of carbonyl (C=O) groups is 1. The molecule has 0 aliphatic heterocycles. The van der Waals surface area contributed by atoms with Crippen LogP contribution >= 0.6 is 0 Å². The van der Waals surface area contributed by atoms with E-state index in [2.05, 4.69) is 4.98 Å². The molecular formula is C10H8N2O2. The fourth-order valence-electron chi connectivity index (χ4n) is 1.22. The van der Waals surface area contributed by atoms with Gasteiger partial charge in [0.2, 0.25) is 0 Å². The number of carbonyl (C=O) groups excluding carboxylic acids is 1. The molecule has 4 nitrogen and oxygen atoms in total. The fourth-order valence-corrected chi connectivity index (χ4v) is 1.22. The summed E-state index contributed by atoms with van der Waals surface area (Å²) in [4.78, 5) is 14.7. The van der Waals surface area contributed by atoms with E-state index in [1.54, 1.807) is 0 Å². The van der Waals surface area contributed by atoms with Crippen LogP contribution in [-0.2, 0) is 0 Å². The lowest BCUT2D eigenvalue weighted by molar-refractivity contribution is 0.0996. The molecule has 2 rings (SSSR count). The molecular weight excluding hydrogens is 180 g/mol. The van der Waals surface area contributed by atoms with Crippen LogP contribution in [0, 0.1) is 0 Å². The van der Waals surface area contributed by atoms with E-state index in [1.165, 1.54) is 6.39 Å². The average Bonchev–Trinajstić information content (AvgIpc) is 2.67. The SMILES string of the molecule is NC(=O)c1ncoc1-c1ccccc1. The Bertz CT molecular complexity index is 448. The van der Waals surface area contributed by atoms with Crippen molar-refractivity contribution in [3.8, 4) is 11.3 Å². The molecule has 1 amide bonds. The number of nitrogens with two attached hydrogens (primary N) is 1. The number of benzene rings is 1. The van der Waals surface area contributed by atoms with Crippen LogP contribution in [-0.4, -0.2) is 10.9 Å². The van der Waals surface area contributed by atoms with E-state index in [9.17, 15) is 4.79 Å². The Morgan fingerprint density at radius 3 is 2.64 bits per heavy atom. The van der Waals surface area contributed by atoms with Crippen LogP contribution in [0.1, 0.15) is 10.5 Å². The van der Waals surface area contributed by atoms with Crippen molar-refractivity contribution in [1.29, 1.82) is 0 Å². The van der Waals surface area contributed by atoms with Gasteiger partial charge in [-0.15, -0.1) is 0 Å². The number of nitrogens with zero attached hydrogens (tertiary/aromatic N) is 1. The third-order valence-corrected chi connectivity index (χ3v) is 1.84. The first-order valence-corrected chi connectivity index (χ1v) is 4.08. The van der Waals surface area contributed by atoms with E-state index in [0.29, 0.717) is 5.76 Å². The Morgan fingerprint density at radius 2 is 2.00 bits per heavy atom. The monoisotopic (exact) mass is 188 g/mol. The highest BCUT2D eigenvalue weighted by Gasteiger charge is 2.14. The van der Waals surface area contributed by atoms with Gasteiger partial charge in [-0.2, -0.15) is 0 Å². The molecule has 0 saturated carbocycles. The third kappa shape index (κ3) is 1.37. The van der Waals surface area contributed by atoms with Crippen molar-refractivity contribution < 1.29 is 9.21 Å². The van der Waals surface area contributed by atoms with Gasteiger partial charge in [0.25, 0.3) is 5.91 Å². The molecule has 0 spiro atoms. The molecule has 0 saturated heterocycles. The zero-order chi connectivity index (χ0) is 9.97. The first-order valence-electron chi connectivity index (χ1n) is 4.08. The van der Waals surface area contributed by atoms with Gasteiger partial charge >= 0.3 is 0 Å². The fraction of sp³-hybridized carbons (Fsp3) is 0. The summed E-state index contributed by atoms with van der Waals surface area (Å²) in [5.74, 6) is -0.171. The van der Waals surface area contributed by atoms with E-state index in [-0.39, 0.29) is 5.69 Å². The van der Waals surface area contributed by atoms with Crippen molar-refractivity contribution in [3.63, 3.8) is 0 Å². The minimum atomic E-state index is -0.586. The minimum Gasteiger partial charge on any atom is -0.443 e. The minimum absolute atomic E-state index is 0.163. The normalized spacial score (nSPS) is 10.0. The molecule has 2 aromatic rings. The summed E-state index contributed by atoms with van der Waals surface area (Å²) in [6, 6.07) is 9.23. The molecule has 1 heterocycles. The van der Waals surface area contributed by atoms with Crippen molar-refractivity contribution in [1.82, 2.24) is 4.98 Å². The van der Waals surface area contributed by atoms with Crippen molar-refractivity contribution in [2.45, 2.75) is 0 Å². The molecule has 0 aliphatic rings. The Morgan fingerprint density at radius 1 is 1.29 bits per heavy atom. The lowest BCUT2D eigenvalue weighted by Crippen LogP contribution is -2.12. The lowest BCUT2D eigenvalue weighted by atomic mass is 10.1. The summed E-state index contributed by atoms with van der Waals surface area (Å²) >= 11 is 0. The topological polar surface area (TPSA) is 69.1 Å². The smallest absolute Gasteiger partial charge is 0.271 e. The van der Waals surface area contributed by atoms with Crippen LogP contribution in [0.15, 0.2) is 41.1 Å². The molecule has 1 aromatic heterocycles. The van der Waals surface area contributed by atoms with Crippen LogP contribution in [0.3, 0.4) is 0 Å². The number of aromatic nitrogens is 1. The maximum Gasteiger partial charge on any atom is 0.271 e. The third-order valence-electron chi connectivity index (χ3n) is 1.84. The van der Waals surface area contributed by atoms with Gasteiger partial charge in [0, 0.05) is 5.56 Å². The van der Waals surface area contributed by atoms with Gasteiger partial charge in [-0.1, -0.05) is 30.3 Å².